The van der Waals surface area contributed by atoms with Gasteiger partial charge in [0.05, 0.1) is 17.6 Å². The molecule has 1 aromatic carbocycles. The summed E-state index contributed by atoms with van der Waals surface area (Å²) in [6.07, 6.45) is 2.41. The Hall–Kier alpha value is -1.10. The lowest BCUT2D eigenvalue weighted by Crippen LogP contribution is -1.99. The number of hydrogen-bond acceptors (Lipinski definition) is 3. The van der Waals surface area contributed by atoms with E-state index >= 15 is 0 Å². The first-order valence-electron chi connectivity index (χ1n) is 4.73. The van der Waals surface area contributed by atoms with Gasteiger partial charge in [0, 0.05) is 10.5 Å². The van der Waals surface area contributed by atoms with Crippen molar-refractivity contribution in [2.45, 2.75) is 12.8 Å². The van der Waals surface area contributed by atoms with E-state index < -0.39 is 4.92 Å². The molecule has 0 unspecified atom stereocenters. The summed E-state index contributed by atoms with van der Waals surface area (Å²) in [5.41, 5.74) is 0.0511. The van der Waals surface area contributed by atoms with Crippen LogP contribution in [0.1, 0.15) is 12.8 Å². The van der Waals surface area contributed by atoms with Crippen molar-refractivity contribution < 1.29 is 9.66 Å². The van der Waals surface area contributed by atoms with Gasteiger partial charge in [0.2, 0.25) is 0 Å². The van der Waals surface area contributed by atoms with Gasteiger partial charge >= 0.3 is 0 Å². The standard InChI is InChI=1S/C10H10BrNO3/c11-8-3-9(12(13)14)5-10(4-8)15-6-7-1-2-7/h3-5,7H,1-2,6H2. The van der Waals surface area contributed by atoms with E-state index in [1.165, 1.54) is 25.0 Å². The van der Waals surface area contributed by atoms with Gasteiger partial charge in [0.15, 0.2) is 0 Å². The van der Waals surface area contributed by atoms with Gasteiger partial charge in [-0.1, -0.05) is 15.9 Å². The zero-order valence-electron chi connectivity index (χ0n) is 7.98. The van der Waals surface area contributed by atoms with Gasteiger partial charge in [-0.3, -0.25) is 10.1 Å². The summed E-state index contributed by atoms with van der Waals surface area (Å²) in [7, 11) is 0. The van der Waals surface area contributed by atoms with Crippen molar-refractivity contribution in [2.75, 3.05) is 6.61 Å². The molecule has 4 nitrogen and oxygen atoms in total. The summed E-state index contributed by atoms with van der Waals surface area (Å²) in [6, 6.07) is 4.66. The van der Waals surface area contributed by atoms with Crippen LogP contribution in [0.25, 0.3) is 0 Å². The lowest BCUT2D eigenvalue weighted by atomic mass is 10.3. The fourth-order valence-electron chi connectivity index (χ4n) is 1.24. The highest BCUT2D eigenvalue weighted by molar-refractivity contribution is 9.10. The van der Waals surface area contributed by atoms with E-state index in [1.54, 1.807) is 6.07 Å². The molecule has 1 fully saturated rings. The minimum absolute atomic E-state index is 0.0511. The molecule has 0 saturated heterocycles. The molecule has 1 aromatic rings. The number of rotatable bonds is 4. The Morgan fingerprint density at radius 1 is 1.47 bits per heavy atom. The second kappa shape index (κ2) is 4.18. The molecule has 0 atom stereocenters. The Bertz CT molecular complexity index is 390. The van der Waals surface area contributed by atoms with E-state index in [0.29, 0.717) is 22.7 Å². The van der Waals surface area contributed by atoms with Gasteiger partial charge in [0.1, 0.15) is 5.75 Å². The molecule has 0 bridgehead atoms. The molecule has 80 valence electrons. The van der Waals surface area contributed by atoms with E-state index in [0.717, 1.165) is 0 Å². The first-order valence-corrected chi connectivity index (χ1v) is 5.52. The van der Waals surface area contributed by atoms with E-state index in [-0.39, 0.29) is 5.69 Å². The van der Waals surface area contributed by atoms with Gasteiger partial charge in [-0.05, 0) is 24.8 Å². The van der Waals surface area contributed by atoms with Gasteiger partial charge in [-0.2, -0.15) is 0 Å². The van der Waals surface area contributed by atoms with E-state index in [4.69, 9.17) is 4.74 Å². The number of hydrogen-bond donors (Lipinski definition) is 0. The van der Waals surface area contributed by atoms with Crippen LogP contribution in [-0.4, -0.2) is 11.5 Å². The molecule has 1 saturated carbocycles. The van der Waals surface area contributed by atoms with Crippen molar-refractivity contribution >= 4 is 21.6 Å². The summed E-state index contributed by atoms with van der Waals surface area (Å²) >= 11 is 3.22. The lowest BCUT2D eigenvalue weighted by molar-refractivity contribution is -0.385. The SMILES string of the molecule is O=[N+]([O-])c1cc(Br)cc(OCC2CC2)c1. The third-order valence-electron chi connectivity index (χ3n) is 2.25. The average molecular weight is 272 g/mol. The summed E-state index contributed by atoms with van der Waals surface area (Å²) in [5.74, 6) is 1.20. The number of ether oxygens (including phenoxy) is 1. The molecule has 5 heteroatoms. The number of nitro groups is 1. The fraction of sp³-hybridized carbons (Fsp3) is 0.400. The molecule has 1 aliphatic rings. The van der Waals surface area contributed by atoms with Crippen molar-refractivity contribution in [1.82, 2.24) is 0 Å². The highest BCUT2D eigenvalue weighted by Gasteiger charge is 2.22. The monoisotopic (exact) mass is 271 g/mol. The lowest BCUT2D eigenvalue weighted by Gasteiger charge is -2.05. The van der Waals surface area contributed by atoms with Gasteiger partial charge < -0.3 is 4.74 Å². The second-order valence-corrected chi connectivity index (χ2v) is 4.57. The summed E-state index contributed by atoms with van der Waals surface area (Å²) < 4.78 is 6.14. The average Bonchev–Trinajstić information content (AvgIpc) is 2.97. The summed E-state index contributed by atoms with van der Waals surface area (Å²) in [5, 5.41) is 10.6. The number of nitrogens with zero attached hydrogens (tertiary/aromatic N) is 1. The first-order chi connectivity index (χ1) is 7.15. The van der Waals surface area contributed by atoms with E-state index in [1.807, 2.05) is 0 Å². The predicted octanol–water partition coefficient (Wildman–Crippen LogP) is 3.15. The topological polar surface area (TPSA) is 52.4 Å². The smallest absolute Gasteiger partial charge is 0.274 e. The van der Waals surface area contributed by atoms with Crippen molar-refractivity contribution in [3.05, 3.63) is 32.8 Å². The van der Waals surface area contributed by atoms with Crippen molar-refractivity contribution in [3.63, 3.8) is 0 Å². The molecular formula is C10H10BrNO3. The Balaban J connectivity index is 2.10. The van der Waals surface area contributed by atoms with Crippen LogP contribution in [0.5, 0.6) is 5.75 Å². The van der Waals surface area contributed by atoms with Crippen LogP contribution < -0.4 is 4.74 Å². The molecule has 0 aromatic heterocycles. The number of halogens is 1. The largest absolute Gasteiger partial charge is 0.493 e. The molecule has 0 aliphatic heterocycles. The van der Waals surface area contributed by atoms with Gasteiger partial charge in [-0.25, -0.2) is 0 Å². The Morgan fingerprint density at radius 2 is 2.20 bits per heavy atom. The van der Waals surface area contributed by atoms with Crippen LogP contribution in [0.4, 0.5) is 5.69 Å². The van der Waals surface area contributed by atoms with Crippen LogP contribution in [0.15, 0.2) is 22.7 Å². The Labute approximate surface area is 95.5 Å². The molecule has 1 aliphatic carbocycles. The van der Waals surface area contributed by atoms with Crippen LogP contribution in [0.3, 0.4) is 0 Å². The molecule has 2 rings (SSSR count). The first kappa shape index (κ1) is 10.4. The third kappa shape index (κ3) is 2.92. The number of nitro benzene ring substituents is 1. The van der Waals surface area contributed by atoms with Crippen LogP contribution in [0, 0.1) is 16.0 Å². The fourth-order valence-corrected chi connectivity index (χ4v) is 1.70. The molecule has 0 amide bonds. The van der Waals surface area contributed by atoms with Crippen molar-refractivity contribution in [2.24, 2.45) is 5.92 Å². The highest BCUT2D eigenvalue weighted by atomic mass is 79.9. The predicted molar refractivity (Wildman–Crippen MR) is 59.0 cm³/mol. The van der Waals surface area contributed by atoms with Gasteiger partial charge in [-0.15, -0.1) is 0 Å². The van der Waals surface area contributed by atoms with Gasteiger partial charge in [0.25, 0.3) is 5.69 Å². The molecule has 0 heterocycles. The second-order valence-electron chi connectivity index (χ2n) is 3.66. The third-order valence-corrected chi connectivity index (χ3v) is 2.71. The minimum Gasteiger partial charge on any atom is -0.493 e. The Kier molecular flexibility index (Phi) is 2.90. The maximum atomic E-state index is 10.6. The zero-order chi connectivity index (χ0) is 10.8. The zero-order valence-corrected chi connectivity index (χ0v) is 9.57. The molecule has 0 N–H and O–H groups in total. The van der Waals surface area contributed by atoms with Crippen LogP contribution in [0.2, 0.25) is 0 Å². The minimum atomic E-state index is -0.422. The maximum absolute atomic E-state index is 10.6. The quantitative estimate of drug-likeness (QED) is 0.625. The Morgan fingerprint density at radius 3 is 2.80 bits per heavy atom. The van der Waals surface area contributed by atoms with Crippen molar-refractivity contribution in [1.29, 1.82) is 0 Å². The van der Waals surface area contributed by atoms with Crippen LogP contribution >= 0.6 is 15.9 Å². The molecule has 0 spiro atoms. The maximum Gasteiger partial charge on any atom is 0.274 e. The van der Waals surface area contributed by atoms with E-state index in [9.17, 15) is 10.1 Å². The van der Waals surface area contributed by atoms with Crippen LogP contribution in [-0.2, 0) is 0 Å². The number of non-ortho nitro benzene ring substituents is 1. The molecule has 0 radical (unpaired) electrons. The normalized spacial score (nSPS) is 15.0. The summed E-state index contributed by atoms with van der Waals surface area (Å²) in [4.78, 5) is 10.2. The van der Waals surface area contributed by atoms with E-state index in [2.05, 4.69) is 15.9 Å². The summed E-state index contributed by atoms with van der Waals surface area (Å²) in [6.45, 7) is 0.660. The highest BCUT2D eigenvalue weighted by Crippen LogP contribution is 2.31. The molecule has 15 heavy (non-hydrogen) atoms. The van der Waals surface area contributed by atoms with Crippen molar-refractivity contribution in [3.8, 4) is 5.75 Å². The molecular weight excluding hydrogens is 262 g/mol. The number of benzene rings is 1.